The summed E-state index contributed by atoms with van der Waals surface area (Å²) in [6.45, 7) is 6.55. The van der Waals surface area contributed by atoms with E-state index in [4.69, 9.17) is 9.88 Å². The second-order valence-electron chi connectivity index (χ2n) is 5.19. The van der Waals surface area contributed by atoms with Crippen LogP contribution in [0.15, 0.2) is 17.0 Å². The average Bonchev–Trinajstić information content (AvgIpc) is 2.31. The normalized spacial score (nSPS) is 12.7. The van der Waals surface area contributed by atoms with Crippen molar-refractivity contribution in [2.45, 2.75) is 37.8 Å². The molecule has 0 heterocycles. The fourth-order valence-electron chi connectivity index (χ4n) is 1.73. The van der Waals surface area contributed by atoms with E-state index in [9.17, 15) is 16.8 Å². The zero-order chi connectivity index (χ0) is 16.4. The van der Waals surface area contributed by atoms with E-state index in [2.05, 4.69) is 0 Å². The van der Waals surface area contributed by atoms with E-state index in [0.29, 0.717) is 16.9 Å². The standard InChI is InChI=1S/C13H21NO5S2/c1-9(2)20(15,16)6-5-19-12-7-11(4)13(8-10(12)3)21(14,17)18/h7-9H,5-6H2,1-4H3,(H2,14,17,18). The highest BCUT2D eigenvalue weighted by molar-refractivity contribution is 7.92. The number of sulfone groups is 1. The lowest BCUT2D eigenvalue weighted by Gasteiger charge is -2.13. The Morgan fingerprint density at radius 3 is 2.14 bits per heavy atom. The Morgan fingerprint density at radius 1 is 1.10 bits per heavy atom. The summed E-state index contributed by atoms with van der Waals surface area (Å²) in [7, 11) is -6.94. The molecule has 0 saturated heterocycles. The summed E-state index contributed by atoms with van der Waals surface area (Å²) in [5.41, 5.74) is 1.05. The summed E-state index contributed by atoms with van der Waals surface area (Å²) >= 11 is 0. The first kappa shape index (κ1) is 17.9. The van der Waals surface area contributed by atoms with Crippen molar-refractivity contribution in [2.24, 2.45) is 5.14 Å². The Hall–Kier alpha value is -1.12. The Labute approximate surface area is 126 Å². The minimum absolute atomic E-state index is 0.0233. The second kappa shape index (κ2) is 6.33. The van der Waals surface area contributed by atoms with Gasteiger partial charge in [-0.2, -0.15) is 0 Å². The van der Waals surface area contributed by atoms with Gasteiger partial charge in [-0.05, 0) is 51.0 Å². The number of aryl methyl sites for hydroxylation is 2. The van der Waals surface area contributed by atoms with Crippen molar-refractivity contribution in [3.63, 3.8) is 0 Å². The van der Waals surface area contributed by atoms with E-state index in [0.717, 1.165) is 0 Å². The van der Waals surface area contributed by atoms with Crippen molar-refractivity contribution in [3.8, 4) is 5.75 Å². The highest BCUT2D eigenvalue weighted by Gasteiger charge is 2.17. The smallest absolute Gasteiger partial charge is 0.238 e. The molecule has 0 amide bonds. The largest absolute Gasteiger partial charge is 0.492 e. The van der Waals surface area contributed by atoms with Crippen molar-refractivity contribution in [1.29, 1.82) is 0 Å². The number of hydrogen-bond acceptors (Lipinski definition) is 5. The van der Waals surface area contributed by atoms with Gasteiger partial charge in [-0.3, -0.25) is 0 Å². The molecule has 0 unspecified atom stereocenters. The van der Waals surface area contributed by atoms with E-state index < -0.39 is 25.1 Å². The lowest BCUT2D eigenvalue weighted by Crippen LogP contribution is -2.22. The molecule has 0 aliphatic carbocycles. The van der Waals surface area contributed by atoms with Gasteiger partial charge in [-0.15, -0.1) is 0 Å². The molecule has 0 fully saturated rings. The summed E-state index contributed by atoms with van der Waals surface area (Å²) in [6.07, 6.45) is 0. The molecule has 120 valence electrons. The zero-order valence-electron chi connectivity index (χ0n) is 12.6. The van der Waals surface area contributed by atoms with Gasteiger partial charge in [0.2, 0.25) is 10.0 Å². The van der Waals surface area contributed by atoms with Crippen LogP contribution in [-0.4, -0.2) is 34.4 Å². The number of benzene rings is 1. The highest BCUT2D eigenvalue weighted by atomic mass is 32.2. The fraction of sp³-hybridized carbons (Fsp3) is 0.538. The van der Waals surface area contributed by atoms with Crippen LogP contribution in [0.5, 0.6) is 5.75 Å². The quantitative estimate of drug-likeness (QED) is 0.840. The van der Waals surface area contributed by atoms with Gasteiger partial charge in [0.15, 0.2) is 9.84 Å². The maximum absolute atomic E-state index is 11.7. The Morgan fingerprint density at radius 2 is 1.67 bits per heavy atom. The molecule has 0 spiro atoms. The molecule has 2 N–H and O–H groups in total. The van der Waals surface area contributed by atoms with E-state index in [1.807, 2.05) is 0 Å². The molecule has 1 aromatic carbocycles. The molecule has 6 nitrogen and oxygen atoms in total. The zero-order valence-corrected chi connectivity index (χ0v) is 14.2. The maximum Gasteiger partial charge on any atom is 0.238 e. The molecule has 0 atom stereocenters. The molecule has 0 aromatic heterocycles. The molecule has 0 radical (unpaired) electrons. The van der Waals surface area contributed by atoms with Gasteiger partial charge in [0, 0.05) is 0 Å². The SMILES string of the molecule is Cc1cc(S(N)(=O)=O)c(C)cc1OCCS(=O)(=O)C(C)C. The van der Waals surface area contributed by atoms with E-state index >= 15 is 0 Å². The van der Waals surface area contributed by atoms with Crippen molar-refractivity contribution in [2.75, 3.05) is 12.4 Å². The first-order valence-electron chi connectivity index (χ1n) is 6.43. The van der Waals surface area contributed by atoms with E-state index in [1.54, 1.807) is 33.8 Å². The summed E-state index contributed by atoms with van der Waals surface area (Å²) < 4.78 is 51.6. The lowest BCUT2D eigenvalue weighted by molar-refractivity contribution is 0.337. The first-order valence-corrected chi connectivity index (χ1v) is 9.69. The summed E-state index contributed by atoms with van der Waals surface area (Å²) in [6, 6.07) is 2.98. The van der Waals surface area contributed by atoms with Crippen molar-refractivity contribution < 1.29 is 21.6 Å². The predicted molar refractivity (Wildman–Crippen MR) is 81.7 cm³/mol. The van der Waals surface area contributed by atoms with Gasteiger partial charge >= 0.3 is 0 Å². The molecule has 0 aliphatic heterocycles. The van der Waals surface area contributed by atoms with Gasteiger partial charge in [-0.1, -0.05) is 0 Å². The number of rotatable bonds is 6. The molecule has 0 bridgehead atoms. The minimum atomic E-state index is -3.78. The molecule has 21 heavy (non-hydrogen) atoms. The van der Waals surface area contributed by atoms with Crippen molar-refractivity contribution in [1.82, 2.24) is 0 Å². The number of primary sulfonamides is 1. The van der Waals surface area contributed by atoms with Crippen LogP contribution in [0.2, 0.25) is 0 Å². The lowest BCUT2D eigenvalue weighted by atomic mass is 10.1. The molecule has 1 rings (SSSR count). The van der Waals surface area contributed by atoms with Crippen LogP contribution in [0.3, 0.4) is 0 Å². The van der Waals surface area contributed by atoms with E-state index in [-0.39, 0.29) is 17.3 Å². The van der Waals surface area contributed by atoms with Gasteiger partial charge in [0.1, 0.15) is 12.4 Å². The first-order chi connectivity index (χ1) is 9.45. The third-order valence-electron chi connectivity index (χ3n) is 3.12. The van der Waals surface area contributed by atoms with Gasteiger partial charge < -0.3 is 4.74 Å². The molecule has 8 heteroatoms. The molecular weight excluding hydrogens is 314 g/mol. The van der Waals surface area contributed by atoms with E-state index in [1.165, 1.54) is 6.07 Å². The van der Waals surface area contributed by atoms with Crippen LogP contribution in [0.4, 0.5) is 0 Å². The number of hydrogen-bond donors (Lipinski definition) is 1. The van der Waals surface area contributed by atoms with Crippen LogP contribution in [0.25, 0.3) is 0 Å². The third-order valence-corrected chi connectivity index (χ3v) is 6.35. The van der Waals surface area contributed by atoms with Gasteiger partial charge in [0.05, 0.1) is 15.9 Å². The summed E-state index contributed by atoms with van der Waals surface area (Å²) in [4.78, 5) is 0.0437. The van der Waals surface area contributed by atoms with Crippen LogP contribution < -0.4 is 9.88 Å². The van der Waals surface area contributed by atoms with Crippen LogP contribution in [0.1, 0.15) is 25.0 Å². The number of ether oxygens (including phenoxy) is 1. The summed E-state index contributed by atoms with van der Waals surface area (Å²) in [5, 5.41) is 4.67. The molecule has 0 saturated carbocycles. The van der Waals surface area contributed by atoms with Crippen LogP contribution >= 0.6 is 0 Å². The average molecular weight is 335 g/mol. The molecular formula is C13H21NO5S2. The van der Waals surface area contributed by atoms with Gasteiger partial charge in [-0.25, -0.2) is 22.0 Å². The number of sulfonamides is 1. The molecule has 1 aromatic rings. The van der Waals surface area contributed by atoms with Crippen LogP contribution in [0, 0.1) is 13.8 Å². The number of nitrogens with two attached hydrogens (primary N) is 1. The predicted octanol–water partition coefficient (Wildman–Crippen LogP) is 1.15. The highest BCUT2D eigenvalue weighted by Crippen LogP contribution is 2.25. The summed E-state index contributed by atoms with van der Waals surface area (Å²) in [5.74, 6) is 0.374. The van der Waals surface area contributed by atoms with Crippen LogP contribution in [-0.2, 0) is 19.9 Å². The third kappa shape index (κ3) is 4.69. The Kier molecular flexibility index (Phi) is 5.40. The van der Waals surface area contributed by atoms with Crippen molar-refractivity contribution in [3.05, 3.63) is 23.3 Å². The Balaban J connectivity index is 2.90. The van der Waals surface area contributed by atoms with Crippen molar-refractivity contribution >= 4 is 19.9 Å². The second-order valence-corrected chi connectivity index (χ2v) is 9.40. The monoisotopic (exact) mass is 335 g/mol. The Bertz CT molecular complexity index is 721. The van der Waals surface area contributed by atoms with Gasteiger partial charge in [0.25, 0.3) is 0 Å². The fourth-order valence-corrected chi connectivity index (χ4v) is 3.36. The maximum atomic E-state index is 11.7. The minimum Gasteiger partial charge on any atom is -0.492 e. The molecule has 0 aliphatic rings. The topological polar surface area (TPSA) is 104 Å².